The Kier molecular flexibility index (Phi) is 2.34. The molecule has 1 saturated carbocycles. The van der Waals surface area contributed by atoms with Crippen LogP contribution in [0.25, 0.3) is 0 Å². The molecule has 0 unspecified atom stereocenters. The minimum absolute atomic E-state index is 0.265. The maximum absolute atomic E-state index is 10.1. The molecule has 1 aliphatic carbocycles. The Morgan fingerprint density at radius 1 is 1.55 bits per heavy atom. The predicted octanol–water partition coefficient (Wildman–Crippen LogP) is 0.525. The third kappa shape index (κ3) is 2.38. The summed E-state index contributed by atoms with van der Waals surface area (Å²) in [5, 5.41) is 10.6. The molecule has 0 bridgehead atoms. The lowest BCUT2D eigenvalue weighted by Gasteiger charge is -2.22. The molecule has 0 spiro atoms. The molecule has 0 heterocycles. The standard InChI is InChI=1S/C7H14N2O2/c8-7(3-1-2-4-7)5-9-6(10)11/h9H,1-5,8H2,(H,10,11). The molecule has 1 rings (SSSR count). The van der Waals surface area contributed by atoms with Gasteiger partial charge in [0.05, 0.1) is 0 Å². The summed E-state index contributed by atoms with van der Waals surface area (Å²) in [5.74, 6) is 0. The van der Waals surface area contributed by atoms with Gasteiger partial charge in [0.25, 0.3) is 0 Å². The first-order chi connectivity index (χ1) is 5.12. The molecule has 4 nitrogen and oxygen atoms in total. The van der Waals surface area contributed by atoms with Crippen LogP contribution in [-0.2, 0) is 0 Å². The predicted molar refractivity (Wildman–Crippen MR) is 41.4 cm³/mol. The zero-order valence-electron chi connectivity index (χ0n) is 6.47. The highest BCUT2D eigenvalue weighted by Gasteiger charge is 2.29. The second kappa shape index (κ2) is 3.09. The number of nitrogens with one attached hydrogen (secondary N) is 1. The van der Waals surface area contributed by atoms with Crippen molar-refractivity contribution in [2.45, 2.75) is 31.2 Å². The summed E-state index contributed by atoms with van der Waals surface area (Å²) in [7, 11) is 0. The normalized spacial score (nSPS) is 21.5. The maximum atomic E-state index is 10.1. The molecule has 0 saturated heterocycles. The van der Waals surface area contributed by atoms with Gasteiger partial charge >= 0.3 is 6.09 Å². The fourth-order valence-electron chi connectivity index (χ4n) is 1.51. The first kappa shape index (κ1) is 8.33. The van der Waals surface area contributed by atoms with Crippen molar-refractivity contribution >= 4 is 6.09 Å². The van der Waals surface area contributed by atoms with E-state index in [4.69, 9.17) is 10.8 Å². The summed E-state index contributed by atoms with van der Waals surface area (Å²) in [6.45, 7) is 0.391. The van der Waals surface area contributed by atoms with Gasteiger partial charge in [-0.1, -0.05) is 12.8 Å². The van der Waals surface area contributed by atoms with Gasteiger partial charge in [0.1, 0.15) is 0 Å². The van der Waals surface area contributed by atoms with Gasteiger partial charge < -0.3 is 16.2 Å². The second-order valence-corrected chi connectivity index (χ2v) is 3.23. The van der Waals surface area contributed by atoms with E-state index >= 15 is 0 Å². The lowest BCUT2D eigenvalue weighted by molar-refractivity contribution is 0.191. The Hall–Kier alpha value is -0.770. The Balaban J connectivity index is 2.28. The number of amides is 1. The van der Waals surface area contributed by atoms with Crippen LogP contribution in [0, 0.1) is 0 Å². The second-order valence-electron chi connectivity index (χ2n) is 3.23. The fourth-order valence-corrected chi connectivity index (χ4v) is 1.51. The Morgan fingerprint density at radius 2 is 2.09 bits per heavy atom. The highest BCUT2D eigenvalue weighted by atomic mass is 16.4. The molecular formula is C7H14N2O2. The van der Waals surface area contributed by atoms with Gasteiger partial charge in [0, 0.05) is 12.1 Å². The fraction of sp³-hybridized carbons (Fsp3) is 0.857. The van der Waals surface area contributed by atoms with E-state index in [9.17, 15) is 4.79 Å². The van der Waals surface area contributed by atoms with Crippen LogP contribution in [0.3, 0.4) is 0 Å². The molecular weight excluding hydrogens is 144 g/mol. The number of carboxylic acid groups (broad SMARTS) is 1. The molecule has 11 heavy (non-hydrogen) atoms. The average Bonchev–Trinajstić information content (AvgIpc) is 2.33. The molecule has 1 amide bonds. The van der Waals surface area contributed by atoms with Gasteiger partial charge in [0.2, 0.25) is 0 Å². The molecule has 0 radical (unpaired) electrons. The molecule has 0 aromatic rings. The van der Waals surface area contributed by atoms with Crippen LogP contribution in [0.2, 0.25) is 0 Å². The molecule has 4 heteroatoms. The monoisotopic (exact) mass is 158 g/mol. The summed E-state index contributed by atoms with van der Waals surface area (Å²) in [4.78, 5) is 10.1. The van der Waals surface area contributed by atoms with E-state index < -0.39 is 6.09 Å². The van der Waals surface area contributed by atoms with Gasteiger partial charge in [-0.15, -0.1) is 0 Å². The number of hydrogen-bond acceptors (Lipinski definition) is 2. The van der Waals surface area contributed by atoms with Crippen LogP contribution < -0.4 is 11.1 Å². The molecule has 0 aromatic heterocycles. The maximum Gasteiger partial charge on any atom is 0.404 e. The van der Waals surface area contributed by atoms with Crippen molar-refractivity contribution < 1.29 is 9.90 Å². The summed E-state index contributed by atoms with van der Waals surface area (Å²) >= 11 is 0. The Morgan fingerprint density at radius 3 is 2.55 bits per heavy atom. The first-order valence-electron chi connectivity index (χ1n) is 3.88. The summed E-state index contributed by atoms with van der Waals surface area (Å²) in [6.07, 6.45) is 3.14. The highest BCUT2D eigenvalue weighted by Crippen LogP contribution is 2.26. The molecule has 1 fully saturated rings. The number of carbonyl (C=O) groups is 1. The van der Waals surface area contributed by atoms with Crippen molar-refractivity contribution in [3.8, 4) is 0 Å². The Labute approximate surface area is 65.8 Å². The van der Waals surface area contributed by atoms with Gasteiger partial charge in [-0.05, 0) is 12.8 Å². The van der Waals surface area contributed by atoms with Crippen molar-refractivity contribution in [3.05, 3.63) is 0 Å². The summed E-state index contributed by atoms with van der Waals surface area (Å²) in [6, 6.07) is 0. The molecule has 0 aromatic carbocycles. The van der Waals surface area contributed by atoms with Crippen LogP contribution in [-0.4, -0.2) is 23.3 Å². The van der Waals surface area contributed by atoms with E-state index in [1.165, 1.54) is 0 Å². The lowest BCUT2D eigenvalue weighted by atomic mass is 10.00. The van der Waals surface area contributed by atoms with E-state index in [1.807, 2.05) is 0 Å². The third-order valence-electron chi connectivity index (χ3n) is 2.19. The zero-order valence-corrected chi connectivity index (χ0v) is 6.47. The van der Waals surface area contributed by atoms with E-state index in [-0.39, 0.29) is 5.54 Å². The van der Waals surface area contributed by atoms with Crippen molar-refractivity contribution in [2.24, 2.45) is 5.73 Å². The highest BCUT2D eigenvalue weighted by molar-refractivity contribution is 5.64. The lowest BCUT2D eigenvalue weighted by Crippen LogP contribution is -2.47. The quantitative estimate of drug-likeness (QED) is 0.548. The van der Waals surface area contributed by atoms with Crippen LogP contribution in [0.1, 0.15) is 25.7 Å². The van der Waals surface area contributed by atoms with E-state index in [1.54, 1.807) is 0 Å². The van der Waals surface area contributed by atoms with Gasteiger partial charge in [-0.3, -0.25) is 0 Å². The molecule has 0 aliphatic heterocycles. The summed E-state index contributed by atoms with van der Waals surface area (Å²) in [5.41, 5.74) is 5.62. The van der Waals surface area contributed by atoms with E-state index in [0.717, 1.165) is 25.7 Å². The topological polar surface area (TPSA) is 75.3 Å². The third-order valence-corrected chi connectivity index (χ3v) is 2.19. The molecule has 64 valence electrons. The number of nitrogens with two attached hydrogens (primary N) is 1. The van der Waals surface area contributed by atoms with Gasteiger partial charge in [-0.25, -0.2) is 4.79 Å². The molecule has 4 N–H and O–H groups in total. The van der Waals surface area contributed by atoms with Crippen molar-refractivity contribution in [1.82, 2.24) is 5.32 Å². The smallest absolute Gasteiger partial charge is 0.404 e. The van der Waals surface area contributed by atoms with E-state index in [0.29, 0.717) is 6.54 Å². The molecule has 1 aliphatic rings. The number of rotatable bonds is 2. The zero-order chi connectivity index (χ0) is 8.32. The van der Waals surface area contributed by atoms with Crippen molar-refractivity contribution in [3.63, 3.8) is 0 Å². The van der Waals surface area contributed by atoms with Gasteiger partial charge in [0.15, 0.2) is 0 Å². The van der Waals surface area contributed by atoms with Crippen molar-refractivity contribution in [2.75, 3.05) is 6.54 Å². The largest absolute Gasteiger partial charge is 0.465 e. The first-order valence-corrected chi connectivity index (χ1v) is 3.88. The minimum atomic E-state index is -0.985. The number of hydrogen-bond donors (Lipinski definition) is 3. The SMILES string of the molecule is NC1(CNC(=O)O)CCCC1. The average molecular weight is 158 g/mol. The molecule has 0 atom stereocenters. The van der Waals surface area contributed by atoms with Crippen molar-refractivity contribution in [1.29, 1.82) is 0 Å². The van der Waals surface area contributed by atoms with Crippen LogP contribution in [0.5, 0.6) is 0 Å². The van der Waals surface area contributed by atoms with Crippen LogP contribution in [0.15, 0.2) is 0 Å². The Bertz CT molecular complexity index is 153. The minimum Gasteiger partial charge on any atom is -0.465 e. The summed E-state index contributed by atoms with van der Waals surface area (Å²) < 4.78 is 0. The van der Waals surface area contributed by atoms with Crippen LogP contribution >= 0.6 is 0 Å². The van der Waals surface area contributed by atoms with Crippen LogP contribution in [0.4, 0.5) is 4.79 Å². The van der Waals surface area contributed by atoms with Gasteiger partial charge in [-0.2, -0.15) is 0 Å². The van der Waals surface area contributed by atoms with E-state index in [2.05, 4.69) is 5.32 Å².